The van der Waals surface area contributed by atoms with Gasteiger partial charge in [-0.3, -0.25) is 4.79 Å². The Morgan fingerprint density at radius 3 is 1.83 bits per heavy atom. The third-order valence-corrected chi connectivity index (χ3v) is 5.46. The third-order valence-electron chi connectivity index (χ3n) is 3.84. The second kappa shape index (κ2) is 10.1. The van der Waals surface area contributed by atoms with Gasteiger partial charge in [0, 0.05) is 10.9 Å². The quantitative estimate of drug-likeness (QED) is 0.287. The topological polar surface area (TPSA) is 164 Å². The van der Waals surface area contributed by atoms with Crippen molar-refractivity contribution in [1.82, 2.24) is 0 Å². The van der Waals surface area contributed by atoms with Gasteiger partial charge in [-0.15, -0.1) is 0 Å². The number of carbonyl (C=O) groups excluding carboxylic acids is 1. The normalized spacial score (nSPS) is 11.3. The summed E-state index contributed by atoms with van der Waals surface area (Å²) in [5.74, 6) is -1.35. The zero-order chi connectivity index (χ0) is 20.7. The number of phenolic OH excluding ortho intramolecular Hbond substituents is 1. The molecule has 1 amide bonds. The molecule has 0 aromatic heterocycles. The Bertz CT molecular complexity index is 1310. The maximum absolute atomic E-state index is 12.4. The van der Waals surface area contributed by atoms with E-state index < -0.39 is 41.7 Å². The fourth-order valence-corrected chi connectivity index (χ4v) is 3.67. The number of rotatable bonds is 4. The van der Waals surface area contributed by atoms with E-state index in [0.717, 1.165) is 18.2 Å². The molecule has 0 heterocycles. The Kier molecular flexibility index (Phi) is 9.09. The molecule has 0 aliphatic heterocycles. The van der Waals surface area contributed by atoms with Crippen molar-refractivity contribution in [3.05, 3.63) is 60.2 Å². The largest absolute Gasteiger partial charge is 1.00 e. The second-order valence-corrected chi connectivity index (χ2v) is 8.50. The number of hydrogen-bond acceptors (Lipinski definition) is 8. The standard InChI is InChI=1S/C17H13NO8S2.2Na/c19-15-9-13(28(24,25)26)7-11-6-12(27(21,22)23)8-14(16(11)15)18-17(20)10-4-2-1-3-5-10;;/h1-9,19H,(H,18,20)(H,21,22,23)(H,24,25,26);;/q;2*+1/p-2. The molecular weight excluding hydrogens is 456 g/mol. The van der Waals surface area contributed by atoms with Gasteiger partial charge in [0.25, 0.3) is 5.91 Å². The van der Waals surface area contributed by atoms with Crippen LogP contribution in [0.4, 0.5) is 5.69 Å². The first-order chi connectivity index (χ1) is 13.0. The molecule has 0 unspecified atom stereocenters. The molecule has 0 radical (unpaired) electrons. The molecule has 2 N–H and O–H groups in total. The fraction of sp³-hybridized carbons (Fsp3) is 0. The molecule has 3 aromatic rings. The Labute approximate surface area is 216 Å². The van der Waals surface area contributed by atoms with Gasteiger partial charge in [-0.2, -0.15) is 0 Å². The van der Waals surface area contributed by atoms with Gasteiger partial charge in [0.1, 0.15) is 26.0 Å². The zero-order valence-electron chi connectivity index (χ0n) is 15.8. The number of carbonyl (C=O) groups is 1. The smallest absolute Gasteiger partial charge is 0.744 e. The van der Waals surface area contributed by atoms with E-state index in [4.69, 9.17) is 0 Å². The van der Waals surface area contributed by atoms with Crippen molar-refractivity contribution in [2.45, 2.75) is 9.79 Å². The molecule has 3 rings (SSSR count). The Balaban J connectivity index is 0.00000225. The average molecular weight is 467 g/mol. The molecule has 9 nitrogen and oxygen atoms in total. The summed E-state index contributed by atoms with van der Waals surface area (Å²) < 4.78 is 68.0. The molecule has 0 aliphatic carbocycles. The molecule has 0 bridgehead atoms. The van der Waals surface area contributed by atoms with Crippen molar-refractivity contribution < 1.29 is 95.0 Å². The molecule has 0 fully saturated rings. The minimum Gasteiger partial charge on any atom is -0.744 e. The van der Waals surface area contributed by atoms with Gasteiger partial charge in [-0.05, 0) is 41.8 Å². The van der Waals surface area contributed by atoms with E-state index in [9.17, 15) is 35.8 Å². The van der Waals surface area contributed by atoms with Crippen molar-refractivity contribution in [2.24, 2.45) is 0 Å². The Morgan fingerprint density at radius 1 is 0.833 bits per heavy atom. The molecule has 0 atom stereocenters. The van der Waals surface area contributed by atoms with Gasteiger partial charge in [-0.1, -0.05) is 18.2 Å². The monoisotopic (exact) mass is 467 g/mol. The van der Waals surface area contributed by atoms with Crippen LogP contribution in [0.5, 0.6) is 5.75 Å². The number of phenols is 1. The number of anilines is 1. The summed E-state index contributed by atoms with van der Waals surface area (Å²) in [6.07, 6.45) is 0. The summed E-state index contributed by atoms with van der Waals surface area (Å²) in [6, 6.07) is 11.0. The number of amides is 1. The van der Waals surface area contributed by atoms with E-state index in [1.54, 1.807) is 18.2 Å². The van der Waals surface area contributed by atoms with Crippen LogP contribution in [0.15, 0.2) is 64.4 Å². The van der Waals surface area contributed by atoms with Crippen molar-refractivity contribution in [3.63, 3.8) is 0 Å². The predicted molar refractivity (Wildman–Crippen MR) is 95.9 cm³/mol. The van der Waals surface area contributed by atoms with Gasteiger partial charge in [0.2, 0.25) is 0 Å². The molecule has 0 spiro atoms. The van der Waals surface area contributed by atoms with Gasteiger partial charge in [0.05, 0.1) is 15.5 Å². The van der Waals surface area contributed by atoms with Crippen LogP contribution in [0.25, 0.3) is 10.8 Å². The second-order valence-electron chi connectivity index (χ2n) is 5.74. The summed E-state index contributed by atoms with van der Waals surface area (Å²) in [5, 5.41) is 12.2. The van der Waals surface area contributed by atoms with E-state index in [0.29, 0.717) is 6.07 Å². The van der Waals surface area contributed by atoms with E-state index in [-0.39, 0.29) is 81.1 Å². The summed E-state index contributed by atoms with van der Waals surface area (Å²) in [5.41, 5.74) is -0.0302. The van der Waals surface area contributed by atoms with Crippen LogP contribution in [-0.2, 0) is 20.2 Å². The van der Waals surface area contributed by atoms with Crippen molar-refractivity contribution in [2.75, 3.05) is 5.32 Å². The number of nitrogens with one attached hydrogen (secondary N) is 1. The number of hydrogen-bond donors (Lipinski definition) is 2. The SMILES string of the molecule is O=C(Nc1cc(S(=O)(=O)[O-])cc2cc(S(=O)(=O)[O-])cc(O)c12)c1ccccc1.[Na+].[Na+]. The fourth-order valence-electron chi connectivity index (χ4n) is 2.61. The van der Waals surface area contributed by atoms with E-state index >= 15 is 0 Å². The van der Waals surface area contributed by atoms with Crippen LogP contribution in [-0.4, -0.2) is 37.0 Å². The maximum atomic E-state index is 12.4. The average Bonchev–Trinajstić information content (AvgIpc) is 2.60. The molecule has 3 aromatic carbocycles. The minimum atomic E-state index is -4.99. The van der Waals surface area contributed by atoms with Crippen LogP contribution in [0.1, 0.15) is 10.4 Å². The first kappa shape index (κ1) is 27.0. The van der Waals surface area contributed by atoms with Crippen LogP contribution in [0, 0.1) is 0 Å². The third kappa shape index (κ3) is 6.04. The molecule has 0 saturated heterocycles. The molecule has 146 valence electrons. The van der Waals surface area contributed by atoms with E-state index in [2.05, 4.69) is 5.32 Å². The zero-order valence-corrected chi connectivity index (χ0v) is 21.5. The summed E-state index contributed by atoms with van der Waals surface area (Å²) in [6.45, 7) is 0. The van der Waals surface area contributed by atoms with Gasteiger partial charge < -0.3 is 19.5 Å². The van der Waals surface area contributed by atoms with Crippen LogP contribution < -0.4 is 64.4 Å². The van der Waals surface area contributed by atoms with Crippen LogP contribution >= 0.6 is 0 Å². The van der Waals surface area contributed by atoms with Crippen LogP contribution in [0.2, 0.25) is 0 Å². The predicted octanol–water partition coefficient (Wildman–Crippen LogP) is -4.39. The van der Waals surface area contributed by atoms with Gasteiger partial charge in [0.15, 0.2) is 0 Å². The van der Waals surface area contributed by atoms with Crippen molar-refractivity contribution in [3.8, 4) is 5.75 Å². The van der Waals surface area contributed by atoms with Gasteiger partial charge >= 0.3 is 59.1 Å². The number of aromatic hydroxyl groups is 1. The number of fused-ring (bicyclic) bond motifs is 1. The Hall–Kier alpha value is -0.990. The molecule has 30 heavy (non-hydrogen) atoms. The molecular formula is C17H11NNa2O8S2. The molecule has 0 saturated carbocycles. The number of benzene rings is 3. The van der Waals surface area contributed by atoms with E-state index in [1.165, 1.54) is 12.1 Å². The molecule has 0 aliphatic rings. The minimum absolute atomic E-state index is 0. The Morgan fingerprint density at radius 2 is 1.33 bits per heavy atom. The molecule has 13 heteroatoms. The first-order valence-electron chi connectivity index (χ1n) is 7.56. The van der Waals surface area contributed by atoms with E-state index in [1.807, 2.05) is 0 Å². The summed E-state index contributed by atoms with van der Waals surface area (Å²) >= 11 is 0. The van der Waals surface area contributed by atoms with Crippen LogP contribution in [0.3, 0.4) is 0 Å². The van der Waals surface area contributed by atoms with Crippen molar-refractivity contribution in [1.29, 1.82) is 0 Å². The van der Waals surface area contributed by atoms with Gasteiger partial charge in [-0.25, -0.2) is 16.8 Å². The first-order valence-corrected chi connectivity index (χ1v) is 10.4. The summed E-state index contributed by atoms with van der Waals surface area (Å²) in [7, 11) is -9.96. The van der Waals surface area contributed by atoms with Crippen molar-refractivity contribution >= 4 is 42.6 Å². The summed E-state index contributed by atoms with van der Waals surface area (Å²) in [4.78, 5) is 10.8. The maximum Gasteiger partial charge on any atom is 1.00 e.